The Labute approximate surface area is 79.7 Å². The van der Waals surface area contributed by atoms with E-state index in [4.69, 9.17) is 0 Å². The van der Waals surface area contributed by atoms with Gasteiger partial charge in [-0.25, -0.2) is 0 Å². The third-order valence-corrected chi connectivity index (χ3v) is 2.38. The summed E-state index contributed by atoms with van der Waals surface area (Å²) < 4.78 is 0. The van der Waals surface area contributed by atoms with E-state index in [1.165, 1.54) is 13.8 Å². The largest absolute Gasteiger partial charge is 0.298 e. The number of rotatable bonds is 2. The smallest absolute Gasteiger partial charge is 0.202 e. The highest BCUT2D eigenvalue weighted by Crippen LogP contribution is 2.26. The molecule has 0 amide bonds. The standard InChI is InChI=1S/C11H16O2/c1-8(2)11(5,10(4)13)7-6-9(3)12/h8H,1-5H3. The van der Waals surface area contributed by atoms with E-state index in [1.807, 2.05) is 13.8 Å². The fourth-order valence-corrected chi connectivity index (χ4v) is 0.857. The predicted octanol–water partition coefficient (Wildman–Crippen LogP) is 1.83. The zero-order valence-electron chi connectivity index (χ0n) is 8.89. The zero-order valence-corrected chi connectivity index (χ0v) is 8.89. The summed E-state index contributed by atoms with van der Waals surface area (Å²) in [4.78, 5) is 22.0. The second-order valence-corrected chi connectivity index (χ2v) is 3.72. The summed E-state index contributed by atoms with van der Waals surface area (Å²) in [6.45, 7) is 8.53. The number of carbonyl (C=O) groups excluding carboxylic acids is 2. The molecule has 0 heterocycles. The molecule has 0 fully saturated rings. The number of hydrogen-bond donors (Lipinski definition) is 0. The van der Waals surface area contributed by atoms with Gasteiger partial charge in [-0.05, 0) is 25.7 Å². The van der Waals surface area contributed by atoms with Gasteiger partial charge in [-0.3, -0.25) is 9.59 Å². The van der Waals surface area contributed by atoms with Gasteiger partial charge in [0, 0.05) is 6.92 Å². The first kappa shape index (κ1) is 11.9. The van der Waals surface area contributed by atoms with Gasteiger partial charge in [0.05, 0.1) is 5.41 Å². The van der Waals surface area contributed by atoms with Crippen molar-refractivity contribution < 1.29 is 9.59 Å². The second-order valence-electron chi connectivity index (χ2n) is 3.72. The maximum Gasteiger partial charge on any atom is 0.202 e. The van der Waals surface area contributed by atoms with Gasteiger partial charge in [-0.15, -0.1) is 0 Å². The average Bonchev–Trinajstić information content (AvgIpc) is 1.99. The summed E-state index contributed by atoms with van der Waals surface area (Å²) in [5, 5.41) is 0. The van der Waals surface area contributed by atoms with Crippen LogP contribution in [0.15, 0.2) is 0 Å². The van der Waals surface area contributed by atoms with Gasteiger partial charge in [0.25, 0.3) is 0 Å². The van der Waals surface area contributed by atoms with E-state index in [0.717, 1.165) is 0 Å². The summed E-state index contributed by atoms with van der Waals surface area (Å²) in [6, 6.07) is 0. The van der Waals surface area contributed by atoms with Gasteiger partial charge in [0.1, 0.15) is 5.78 Å². The van der Waals surface area contributed by atoms with Crippen molar-refractivity contribution in [3.8, 4) is 11.8 Å². The lowest BCUT2D eigenvalue weighted by molar-refractivity contribution is -0.124. The zero-order chi connectivity index (χ0) is 10.6. The molecule has 0 aromatic rings. The molecule has 2 nitrogen and oxygen atoms in total. The second kappa shape index (κ2) is 4.23. The van der Waals surface area contributed by atoms with Crippen LogP contribution >= 0.6 is 0 Å². The Kier molecular flexibility index (Phi) is 3.87. The fourth-order valence-electron chi connectivity index (χ4n) is 0.857. The molecule has 1 unspecified atom stereocenters. The SMILES string of the molecule is CC(=O)C#CC(C)(C(C)=O)C(C)C. The van der Waals surface area contributed by atoms with Crippen molar-refractivity contribution in [3.05, 3.63) is 0 Å². The molecular weight excluding hydrogens is 164 g/mol. The molecule has 0 bridgehead atoms. The highest BCUT2D eigenvalue weighted by atomic mass is 16.1. The van der Waals surface area contributed by atoms with E-state index < -0.39 is 5.41 Å². The van der Waals surface area contributed by atoms with Crippen molar-refractivity contribution in [1.29, 1.82) is 0 Å². The van der Waals surface area contributed by atoms with Crippen molar-refractivity contribution in [3.63, 3.8) is 0 Å². The van der Waals surface area contributed by atoms with Crippen molar-refractivity contribution in [2.24, 2.45) is 11.3 Å². The van der Waals surface area contributed by atoms with Gasteiger partial charge >= 0.3 is 0 Å². The molecular formula is C11H16O2. The monoisotopic (exact) mass is 180 g/mol. The minimum Gasteiger partial charge on any atom is -0.298 e. The first-order valence-corrected chi connectivity index (χ1v) is 4.35. The quantitative estimate of drug-likeness (QED) is 0.480. The molecule has 0 aliphatic rings. The summed E-state index contributed by atoms with van der Waals surface area (Å²) in [5.41, 5.74) is -0.689. The molecule has 13 heavy (non-hydrogen) atoms. The Morgan fingerprint density at radius 2 is 1.69 bits per heavy atom. The Morgan fingerprint density at radius 1 is 1.23 bits per heavy atom. The molecule has 0 aliphatic carbocycles. The fraction of sp³-hybridized carbons (Fsp3) is 0.636. The van der Waals surface area contributed by atoms with Crippen molar-refractivity contribution >= 4 is 11.6 Å². The summed E-state index contributed by atoms with van der Waals surface area (Å²) in [7, 11) is 0. The van der Waals surface area contributed by atoms with Crippen LogP contribution < -0.4 is 0 Å². The molecule has 72 valence electrons. The molecule has 0 N–H and O–H groups in total. The molecule has 0 aromatic carbocycles. The number of hydrogen-bond acceptors (Lipinski definition) is 2. The van der Waals surface area contributed by atoms with E-state index in [2.05, 4.69) is 11.8 Å². The Hall–Kier alpha value is -1.10. The summed E-state index contributed by atoms with van der Waals surface area (Å²) in [5.74, 6) is 5.12. The Balaban J connectivity index is 4.96. The molecule has 0 spiro atoms. The summed E-state index contributed by atoms with van der Waals surface area (Å²) >= 11 is 0. The van der Waals surface area contributed by atoms with Gasteiger partial charge in [0.2, 0.25) is 5.78 Å². The lowest BCUT2D eigenvalue weighted by Gasteiger charge is -2.24. The van der Waals surface area contributed by atoms with Crippen LogP contribution in [0.1, 0.15) is 34.6 Å². The Bertz CT molecular complexity index is 278. The molecule has 0 rings (SSSR count). The van der Waals surface area contributed by atoms with Crippen LogP contribution in [0.5, 0.6) is 0 Å². The van der Waals surface area contributed by atoms with Gasteiger partial charge in [0.15, 0.2) is 0 Å². The normalized spacial score (nSPS) is 14.3. The van der Waals surface area contributed by atoms with Crippen LogP contribution in [-0.2, 0) is 9.59 Å². The third-order valence-electron chi connectivity index (χ3n) is 2.38. The van der Waals surface area contributed by atoms with Crippen LogP contribution in [0.4, 0.5) is 0 Å². The molecule has 0 aliphatic heterocycles. The number of carbonyl (C=O) groups is 2. The van der Waals surface area contributed by atoms with Crippen LogP contribution in [0.2, 0.25) is 0 Å². The molecule has 0 saturated heterocycles. The minimum atomic E-state index is -0.689. The van der Waals surface area contributed by atoms with Crippen molar-refractivity contribution in [2.45, 2.75) is 34.6 Å². The van der Waals surface area contributed by atoms with Crippen LogP contribution in [0.25, 0.3) is 0 Å². The van der Waals surface area contributed by atoms with Crippen LogP contribution in [0.3, 0.4) is 0 Å². The maximum atomic E-state index is 11.3. The summed E-state index contributed by atoms with van der Waals surface area (Å²) in [6.07, 6.45) is 0. The maximum absolute atomic E-state index is 11.3. The minimum absolute atomic E-state index is 0.0104. The topological polar surface area (TPSA) is 34.1 Å². The third kappa shape index (κ3) is 3.02. The van der Waals surface area contributed by atoms with Gasteiger partial charge in [-0.2, -0.15) is 0 Å². The van der Waals surface area contributed by atoms with Crippen molar-refractivity contribution in [1.82, 2.24) is 0 Å². The molecule has 1 atom stereocenters. The Morgan fingerprint density at radius 3 is 1.92 bits per heavy atom. The van der Waals surface area contributed by atoms with Crippen LogP contribution in [0, 0.1) is 23.2 Å². The lowest BCUT2D eigenvalue weighted by atomic mass is 9.76. The van der Waals surface area contributed by atoms with E-state index >= 15 is 0 Å². The number of Topliss-reactive ketones (excluding diaryl/α,β-unsaturated/α-hetero) is 2. The lowest BCUT2D eigenvalue weighted by Crippen LogP contribution is -2.29. The highest BCUT2D eigenvalue weighted by Gasteiger charge is 2.31. The molecule has 0 saturated carbocycles. The van der Waals surface area contributed by atoms with E-state index in [0.29, 0.717) is 0 Å². The van der Waals surface area contributed by atoms with E-state index in [-0.39, 0.29) is 17.5 Å². The highest BCUT2D eigenvalue weighted by molar-refractivity contribution is 5.95. The van der Waals surface area contributed by atoms with E-state index in [1.54, 1.807) is 6.92 Å². The average molecular weight is 180 g/mol. The van der Waals surface area contributed by atoms with Gasteiger partial charge in [-0.1, -0.05) is 19.8 Å². The van der Waals surface area contributed by atoms with Crippen LogP contribution in [-0.4, -0.2) is 11.6 Å². The van der Waals surface area contributed by atoms with Crippen molar-refractivity contribution in [2.75, 3.05) is 0 Å². The molecule has 0 aromatic heterocycles. The molecule has 0 radical (unpaired) electrons. The number of ketones is 2. The first-order chi connectivity index (χ1) is 5.80. The first-order valence-electron chi connectivity index (χ1n) is 4.35. The van der Waals surface area contributed by atoms with Gasteiger partial charge < -0.3 is 0 Å². The van der Waals surface area contributed by atoms with E-state index in [9.17, 15) is 9.59 Å². The molecule has 2 heteroatoms. The predicted molar refractivity (Wildman–Crippen MR) is 52.1 cm³/mol.